The van der Waals surface area contributed by atoms with Gasteiger partial charge in [0.25, 0.3) is 5.91 Å². The highest BCUT2D eigenvalue weighted by molar-refractivity contribution is 9.10. The van der Waals surface area contributed by atoms with Gasteiger partial charge >= 0.3 is 6.18 Å². The molecular formula is C9H6BrF4NO. The highest BCUT2D eigenvalue weighted by Gasteiger charge is 2.28. The highest BCUT2D eigenvalue weighted by Crippen LogP contribution is 2.20. The highest BCUT2D eigenvalue weighted by atomic mass is 79.9. The van der Waals surface area contributed by atoms with Crippen LogP contribution in [0.3, 0.4) is 0 Å². The van der Waals surface area contributed by atoms with Crippen molar-refractivity contribution in [2.24, 2.45) is 0 Å². The van der Waals surface area contributed by atoms with E-state index in [1.165, 1.54) is 12.1 Å². The second kappa shape index (κ2) is 4.82. The molecule has 0 spiro atoms. The smallest absolute Gasteiger partial charge is 0.343 e. The molecule has 1 N–H and O–H groups in total. The van der Waals surface area contributed by atoms with E-state index in [1.54, 1.807) is 5.32 Å². The van der Waals surface area contributed by atoms with Crippen molar-refractivity contribution in [3.8, 4) is 0 Å². The molecule has 0 aliphatic heterocycles. The molecule has 2 nitrogen and oxygen atoms in total. The van der Waals surface area contributed by atoms with Gasteiger partial charge in [0, 0.05) is 0 Å². The lowest BCUT2D eigenvalue weighted by atomic mass is 10.2. The van der Waals surface area contributed by atoms with Gasteiger partial charge in [-0.3, -0.25) is 4.79 Å². The molecule has 0 unspecified atom stereocenters. The molecule has 0 radical (unpaired) electrons. The van der Waals surface area contributed by atoms with E-state index >= 15 is 0 Å². The summed E-state index contributed by atoms with van der Waals surface area (Å²) in [4.78, 5) is 11.3. The number of amides is 1. The molecule has 1 aromatic carbocycles. The average molecular weight is 300 g/mol. The Bertz CT molecular complexity index is 405. The number of hydrogen-bond acceptors (Lipinski definition) is 1. The first-order chi connectivity index (χ1) is 7.31. The van der Waals surface area contributed by atoms with Crippen molar-refractivity contribution in [2.75, 3.05) is 6.54 Å². The van der Waals surface area contributed by atoms with Gasteiger partial charge in [0.1, 0.15) is 12.4 Å². The van der Waals surface area contributed by atoms with Crippen LogP contribution in [-0.4, -0.2) is 18.6 Å². The fourth-order valence-electron chi connectivity index (χ4n) is 0.955. The molecule has 0 saturated heterocycles. The van der Waals surface area contributed by atoms with Crippen LogP contribution in [0.2, 0.25) is 0 Å². The second-order valence-corrected chi connectivity index (χ2v) is 3.69. The molecule has 1 rings (SSSR count). The van der Waals surface area contributed by atoms with Gasteiger partial charge in [-0.2, -0.15) is 13.2 Å². The summed E-state index contributed by atoms with van der Waals surface area (Å²) in [5.41, 5.74) is -0.177. The number of alkyl halides is 3. The predicted molar refractivity (Wildman–Crippen MR) is 52.5 cm³/mol. The van der Waals surface area contributed by atoms with Crippen LogP contribution in [0.4, 0.5) is 17.6 Å². The summed E-state index contributed by atoms with van der Waals surface area (Å²) in [7, 11) is 0. The van der Waals surface area contributed by atoms with E-state index in [2.05, 4.69) is 15.9 Å². The minimum atomic E-state index is -4.49. The predicted octanol–water partition coefficient (Wildman–Crippen LogP) is 2.88. The lowest BCUT2D eigenvalue weighted by Gasteiger charge is -2.09. The number of nitrogens with one attached hydrogen (secondary N) is 1. The van der Waals surface area contributed by atoms with Crippen molar-refractivity contribution in [3.05, 3.63) is 34.1 Å². The summed E-state index contributed by atoms with van der Waals surface area (Å²) in [6.45, 7) is -1.45. The summed E-state index contributed by atoms with van der Waals surface area (Å²) in [5, 5.41) is 1.65. The number of rotatable bonds is 2. The largest absolute Gasteiger partial charge is 0.405 e. The van der Waals surface area contributed by atoms with Gasteiger partial charge < -0.3 is 5.32 Å². The van der Waals surface area contributed by atoms with Crippen molar-refractivity contribution >= 4 is 21.8 Å². The quantitative estimate of drug-likeness (QED) is 0.836. The molecule has 88 valence electrons. The topological polar surface area (TPSA) is 29.1 Å². The zero-order valence-electron chi connectivity index (χ0n) is 7.74. The van der Waals surface area contributed by atoms with Crippen molar-refractivity contribution in [3.63, 3.8) is 0 Å². The van der Waals surface area contributed by atoms with E-state index in [1.807, 2.05) is 0 Å². The molecule has 0 bridgehead atoms. The van der Waals surface area contributed by atoms with Crippen molar-refractivity contribution < 1.29 is 22.4 Å². The first-order valence-corrected chi connectivity index (χ1v) is 4.89. The maximum absolute atomic E-state index is 13.0. The molecule has 0 aliphatic rings. The van der Waals surface area contributed by atoms with E-state index in [0.29, 0.717) is 0 Å². The molecule has 0 aliphatic carbocycles. The molecule has 16 heavy (non-hydrogen) atoms. The minimum absolute atomic E-state index is 0.158. The maximum Gasteiger partial charge on any atom is 0.405 e. The van der Waals surface area contributed by atoms with Crippen molar-refractivity contribution in [2.45, 2.75) is 6.18 Å². The summed E-state index contributed by atoms with van der Waals surface area (Å²) < 4.78 is 48.2. The second-order valence-electron chi connectivity index (χ2n) is 2.90. The van der Waals surface area contributed by atoms with Crippen molar-refractivity contribution in [1.29, 1.82) is 0 Å². The minimum Gasteiger partial charge on any atom is -0.343 e. The van der Waals surface area contributed by atoms with Crippen LogP contribution in [0.5, 0.6) is 0 Å². The van der Waals surface area contributed by atoms with Crippen LogP contribution in [0.15, 0.2) is 22.7 Å². The summed E-state index contributed by atoms with van der Waals surface area (Å²) >= 11 is 2.78. The molecule has 1 amide bonds. The number of halogens is 5. The zero-order chi connectivity index (χ0) is 12.3. The van der Waals surface area contributed by atoms with E-state index in [0.717, 1.165) is 6.07 Å². The van der Waals surface area contributed by atoms with Crippen LogP contribution in [0, 0.1) is 5.82 Å². The Balaban J connectivity index is 2.78. The molecule has 0 atom stereocenters. The third-order valence-electron chi connectivity index (χ3n) is 1.65. The summed E-state index contributed by atoms with van der Waals surface area (Å²) in [5.74, 6) is -1.69. The van der Waals surface area contributed by atoms with Crippen molar-refractivity contribution in [1.82, 2.24) is 5.32 Å². The molecular weight excluding hydrogens is 294 g/mol. The van der Waals surface area contributed by atoms with E-state index in [4.69, 9.17) is 0 Å². The van der Waals surface area contributed by atoms with Crippen LogP contribution in [0.25, 0.3) is 0 Å². The Morgan fingerprint density at radius 2 is 2.00 bits per heavy atom. The van der Waals surface area contributed by atoms with Gasteiger partial charge in [0.2, 0.25) is 0 Å². The van der Waals surface area contributed by atoms with Gasteiger partial charge in [-0.15, -0.1) is 0 Å². The van der Waals surface area contributed by atoms with Crippen LogP contribution in [0.1, 0.15) is 10.4 Å². The standard InChI is InChI=1S/C9H6BrF4NO/c10-7-5(2-1-3-6(7)11)8(16)15-4-9(12,13)14/h1-3H,4H2,(H,15,16). The Hall–Kier alpha value is -1.11. The maximum atomic E-state index is 13.0. The Labute approximate surface area is 96.8 Å². The van der Waals surface area contributed by atoms with Gasteiger partial charge in [0.15, 0.2) is 0 Å². The fraction of sp³-hybridized carbons (Fsp3) is 0.222. The molecule has 1 aromatic rings. The molecule has 0 heterocycles. The number of carbonyl (C=O) groups excluding carboxylic acids is 1. The summed E-state index contributed by atoms with van der Waals surface area (Å²) in [6, 6.07) is 3.55. The zero-order valence-corrected chi connectivity index (χ0v) is 9.32. The van der Waals surface area contributed by atoms with E-state index < -0.39 is 24.4 Å². The SMILES string of the molecule is O=C(NCC(F)(F)F)c1cccc(F)c1Br. The third-order valence-corrected chi connectivity index (χ3v) is 2.45. The first kappa shape index (κ1) is 13.0. The molecule has 0 aromatic heterocycles. The van der Waals surface area contributed by atoms with Gasteiger partial charge in [-0.1, -0.05) is 6.07 Å². The van der Waals surface area contributed by atoms with Crippen LogP contribution in [-0.2, 0) is 0 Å². The monoisotopic (exact) mass is 299 g/mol. The normalized spacial score (nSPS) is 11.3. The molecule has 7 heteroatoms. The van der Waals surface area contributed by atoms with E-state index in [-0.39, 0.29) is 10.0 Å². The van der Waals surface area contributed by atoms with Gasteiger partial charge in [0.05, 0.1) is 10.0 Å². The van der Waals surface area contributed by atoms with Gasteiger partial charge in [-0.05, 0) is 28.1 Å². The number of carbonyl (C=O) groups is 1. The van der Waals surface area contributed by atoms with E-state index in [9.17, 15) is 22.4 Å². The Kier molecular flexibility index (Phi) is 3.90. The number of hydrogen-bond donors (Lipinski definition) is 1. The molecule has 0 saturated carbocycles. The first-order valence-electron chi connectivity index (χ1n) is 4.10. The van der Waals surface area contributed by atoms with Crippen LogP contribution >= 0.6 is 15.9 Å². The number of benzene rings is 1. The molecule has 0 fully saturated rings. The fourth-order valence-corrected chi connectivity index (χ4v) is 1.40. The Morgan fingerprint density at radius 1 is 1.38 bits per heavy atom. The van der Waals surface area contributed by atoms with Crippen LogP contribution < -0.4 is 5.32 Å². The lowest BCUT2D eigenvalue weighted by molar-refractivity contribution is -0.123. The Morgan fingerprint density at radius 3 is 2.56 bits per heavy atom. The third kappa shape index (κ3) is 3.48. The average Bonchev–Trinajstić information content (AvgIpc) is 2.17. The van der Waals surface area contributed by atoms with Gasteiger partial charge in [-0.25, -0.2) is 4.39 Å². The summed E-state index contributed by atoms with van der Waals surface area (Å²) in [6.07, 6.45) is -4.49. The lowest BCUT2D eigenvalue weighted by Crippen LogP contribution is -2.33.